The zero-order chi connectivity index (χ0) is 13.0. The molecule has 1 aliphatic heterocycles. The Bertz CT molecular complexity index is 513. The second-order valence-corrected chi connectivity index (χ2v) is 6.32. The van der Waals surface area contributed by atoms with Gasteiger partial charge in [0.1, 0.15) is 0 Å². The highest BCUT2D eigenvalue weighted by molar-refractivity contribution is 7.89. The number of hydrogen-bond acceptors (Lipinski definition) is 3. The SMILES string of the molecule is O=C1CN(S(=O)(=O)CCc2ccccc2)CCN1. The van der Waals surface area contributed by atoms with E-state index in [-0.39, 0.29) is 18.2 Å². The van der Waals surface area contributed by atoms with Gasteiger partial charge in [-0.3, -0.25) is 4.79 Å². The Kier molecular flexibility index (Phi) is 3.98. The first-order chi connectivity index (χ1) is 8.58. The van der Waals surface area contributed by atoms with E-state index >= 15 is 0 Å². The normalized spacial score (nSPS) is 17.4. The Balaban J connectivity index is 1.97. The van der Waals surface area contributed by atoms with E-state index in [0.29, 0.717) is 19.5 Å². The van der Waals surface area contributed by atoms with E-state index in [9.17, 15) is 13.2 Å². The fourth-order valence-electron chi connectivity index (χ4n) is 1.87. The zero-order valence-electron chi connectivity index (χ0n) is 10.0. The number of piperazine rings is 1. The summed E-state index contributed by atoms with van der Waals surface area (Å²) in [4.78, 5) is 11.2. The quantitative estimate of drug-likeness (QED) is 0.835. The van der Waals surface area contributed by atoms with Crippen LogP contribution in [-0.2, 0) is 21.2 Å². The summed E-state index contributed by atoms with van der Waals surface area (Å²) in [5.74, 6) is -0.186. The molecule has 1 amide bonds. The molecule has 1 saturated heterocycles. The molecule has 0 radical (unpaired) electrons. The van der Waals surface area contributed by atoms with Crippen molar-refractivity contribution in [3.05, 3.63) is 35.9 Å². The number of hydrogen-bond donors (Lipinski definition) is 1. The smallest absolute Gasteiger partial charge is 0.235 e. The van der Waals surface area contributed by atoms with Crippen LogP contribution in [0.5, 0.6) is 0 Å². The summed E-state index contributed by atoms with van der Waals surface area (Å²) >= 11 is 0. The van der Waals surface area contributed by atoms with Gasteiger partial charge in [0, 0.05) is 13.1 Å². The second kappa shape index (κ2) is 5.49. The summed E-state index contributed by atoms with van der Waals surface area (Å²) in [5.41, 5.74) is 0.988. The lowest BCUT2D eigenvalue weighted by atomic mass is 10.2. The lowest BCUT2D eigenvalue weighted by Crippen LogP contribution is -2.50. The topological polar surface area (TPSA) is 66.5 Å². The highest BCUT2D eigenvalue weighted by atomic mass is 32.2. The zero-order valence-corrected chi connectivity index (χ0v) is 10.8. The van der Waals surface area contributed by atoms with E-state index in [1.807, 2.05) is 30.3 Å². The summed E-state index contributed by atoms with van der Waals surface area (Å²) in [5, 5.41) is 2.61. The van der Waals surface area contributed by atoms with Crippen molar-refractivity contribution in [2.75, 3.05) is 25.4 Å². The van der Waals surface area contributed by atoms with Crippen LogP contribution >= 0.6 is 0 Å². The van der Waals surface area contributed by atoms with Crippen molar-refractivity contribution in [3.63, 3.8) is 0 Å². The third-order valence-electron chi connectivity index (χ3n) is 2.89. The first-order valence-corrected chi connectivity index (χ1v) is 7.47. The summed E-state index contributed by atoms with van der Waals surface area (Å²) in [6.07, 6.45) is 0.474. The molecule has 1 fully saturated rings. The number of carbonyl (C=O) groups is 1. The van der Waals surface area contributed by atoms with Gasteiger partial charge in [0.25, 0.3) is 0 Å². The van der Waals surface area contributed by atoms with E-state index in [1.165, 1.54) is 4.31 Å². The summed E-state index contributed by atoms with van der Waals surface area (Å²) in [7, 11) is -3.34. The lowest BCUT2D eigenvalue weighted by Gasteiger charge is -2.25. The third kappa shape index (κ3) is 3.30. The van der Waals surface area contributed by atoms with Crippen molar-refractivity contribution in [1.82, 2.24) is 9.62 Å². The minimum absolute atomic E-state index is 0.0459. The molecule has 1 heterocycles. The third-order valence-corrected chi connectivity index (χ3v) is 4.71. The van der Waals surface area contributed by atoms with Crippen molar-refractivity contribution in [3.8, 4) is 0 Å². The monoisotopic (exact) mass is 268 g/mol. The van der Waals surface area contributed by atoms with Gasteiger partial charge >= 0.3 is 0 Å². The van der Waals surface area contributed by atoms with Crippen LogP contribution in [0.15, 0.2) is 30.3 Å². The number of nitrogens with one attached hydrogen (secondary N) is 1. The van der Waals surface area contributed by atoms with E-state index in [4.69, 9.17) is 0 Å². The highest BCUT2D eigenvalue weighted by Gasteiger charge is 2.26. The molecule has 18 heavy (non-hydrogen) atoms. The van der Waals surface area contributed by atoms with Crippen LogP contribution in [0.4, 0.5) is 0 Å². The maximum atomic E-state index is 12.1. The molecule has 0 unspecified atom stereocenters. The Hall–Kier alpha value is -1.40. The number of aryl methyl sites for hydroxylation is 1. The van der Waals surface area contributed by atoms with Crippen molar-refractivity contribution >= 4 is 15.9 Å². The van der Waals surface area contributed by atoms with Crippen molar-refractivity contribution < 1.29 is 13.2 Å². The minimum atomic E-state index is -3.34. The maximum absolute atomic E-state index is 12.1. The number of nitrogens with zero attached hydrogens (tertiary/aromatic N) is 1. The van der Waals surface area contributed by atoms with E-state index in [0.717, 1.165) is 5.56 Å². The molecule has 0 aromatic heterocycles. The molecule has 0 spiro atoms. The first-order valence-electron chi connectivity index (χ1n) is 5.86. The number of carbonyl (C=O) groups excluding carboxylic acids is 1. The van der Waals surface area contributed by atoms with Crippen LogP contribution in [0.25, 0.3) is 0 Å². The van der Waals surface area contributed by atoms with Crippen LogP contribution in [0, 0.1) is 0 Å². The van der Waals surface area contributed by atoms with Gasteiger partial charge in [-0.15, -0.1) is 0 Å². The lowest BCUT2D eigenvalue weighted by molar-refractivity contribution is -0.122. The Labute approximate surface area is 107 Å². The van der Waals surface area contributed by atoms with Gasteiger partial charge in [-0.05, 0) is 12.0 Å². The molecule has 6 heteroatoms. The molecule has 1 aromatic carbocycles. The number of amides is 1. The van der Waals surface area contributed by atoms with Gasteiger partial charge in [-0.2, -0.15) is 4.31 Å². The van der Waals surface area contributed by atoms with Crippen LogP contribution in [0.2, 0.25) is 0 Å². The molecule has 1 N–H and O–H groups in total. The van der Waals surface area contributed by atoms with E-state index in [1.54, 1.807) is 0 Å². The molecule has 0 bridgehead atoms. The molecular formula is C12H16N2O3S. The predicted molar refractivity (Wildman–Crippen MR) is 68.5 cm³/mol. The molecule has 0 saturated carbocycles. The summed E-state index contributed by atoms with van der Waals surface area (Å²) in [6, 6.07) is 9.47. The van der Waals surface area contributed by atoms with Gasteiger partial charge in [0.15, 0.2) is 0 Å². The Morgan fingerprint density at radius 2 is 1.94 bits per heavy atom. The average molecular weight is 268 g/mol. The van der Waals surface area contributed by atoms with E-state index < -0.39 is 10.0 Å². The number of rotatable bonds is 4. The molecule has 1 aliphatic rings. The minimum Gasteiger partial charge on any atom is -0.354 e. The van der Waals surface area contributed by atoms with Crippen molar-refractivity contribution in [2.24, 2.45) is 0 Å². The molecule has 98 valence electrons. The van der Waals surface area contributed by atoms with Crippen LogP contribution in [0.3, 0.4) is 0 Å². The first kappa shape index (κ1) is 13.0. The van der Waals surface area contributed by atoms with Crippen molar-refractivity contribution in [2.45, 2.75) is 6.42 Å². The van der Waals surface area contributed by atoms with Crippen LogP contribution in [0.1, 0.15) is 5.56 Å². The molecular weight excluding hydrogens is 252 g/mol. The van der Waals surface area contributed by atoms with Gasteiger partial charge in [-0.25, -0.2) is 8.42 Å². The van der Waals surface area contributed by atoms with Gasteiger partial charge in [0.05, 0.1) is 12.3 Å². The largest absolute Gasteiger partial charge is 0.354 e. The summed E-state index contributed by atoms with van der Waals surface area (Å²) < 4.78 is 25.4. The molecule has 1 aromatic rings. The predicted octanol–water partition coefficient (Wildman–Crippen LogP) is -0.00930. The van der Waals surface area contributed by atoms with Crippen LogP contribution in [-0.4, -0.2) is 44.0 Å². The summed E-state index contributed by atoms with van der Waals surface area (Å²) in [6.45, 7) is 0.698. The van der Waals surface area contributed by atoms with Crippen LogP contribution < -0.4 is 5.32 Å². The Morgan fingerprint density at radius 3 is 2.61 bits per heavy atom. The number of sulfonamides is 1. The Morgan fingerprint density at radius 1 is 1.22 bits per heavy atom. The van der Waals surface area contributed by atoms with Gasteiger partial charge in [-0.1, -0.05) is 30.3 Å². The molecule has 2 rings (SSSR count). The molecule has 0 aliphatic carbocycles. The number of benzene rings is 1. The standard InChI is InChI=1S/C12H16N2O3S/c15-12-10-14(8-7-13-12)18(16,17)9-6-11-4-2-1-3-5-11/h1-5H,6-10H2,(H,13,15). The van der Waals surface area contributed by atoms with E-state index in [2.05, 4.69) is 5.32 Å². The average Bonchev–Trinajstić information content (AvgIpc) is 2.38. The van der Waals surface area contributed by atoms with Gasteiger partial charge < -0.3 is 5.32 Å². The molecule has 0 atom stereocenters. The fraction of sp³-hybridized carbons (Fsp3) is 0.417. The maximum Gasteiger partial charge on any atom is 0.235 e. The second-order valence-electron chi connectivity index (χ2n) is 4.24. The highest BCUT2D eigenvalue weighted by Crippen LogP contribution is 2.08. The fourth-order valence-corrected chi connectivity index (χ4v) is 3.31. The van der Waals surface area contributed by atoms with Gasteiger partial charge in [0.2, 0.25) is 15.9 Å². The van der Waals surface area contributed by atoms with Crippen molar-refractivity contribution in [1.29, 1.82) is 0 Å². The molecule has 5 nitrogen and oxygen atoms in total.